The van der Waals surface area contributed by atoms with E-state index in [4.69, 9.17) is 0 Å². The molecule has 1 heterocycles. The molecule has 0 aliphatic heterocycles. The number of anilines is 3. The molecule has 0 radical (unpaired) electrons. The Kier molecular flexibility index (Phi) is 4.90. The summed E-state index contributed by atoms with van der Waals surface area (Å²) >= 11 is 0. The molecule has 3 N–H and O–H groups in total. The molecule has 4 rings (SSSR count). The first-order valence-corrected chi connectivity index (χ1v) is 9.82. The van der Waals surface area contributed by atoms with Crippen molar-refractivity contribution in [3.8, 4) is 5.75 Å². The second-order valence-corrected chi connectivity index (χ2v) is 7.45. The van der Waals surface area contributed by atoms with Gasteiger partial charge in [0.25, 0.3) is 0 Å². The van der Waals surface area contributed by atoms with Gasteiger partial charge in [0, 0.05) is 0 Å². The van der Waals surface area contributed by atoms with Gasteiger partial charge in [-0.25, -0.2) is 14.2 Å². The highest BCUT2D eigenvalue weighted by Crippen LogP contribution is 2.30. The highest BCUT2D eigenvalue weighted by Gasteiger charge is 2.14. The van der Waals surface area contributed by atoms with E-state index >= 15 is 0 Å². The van der Waals surface area contributed by atoms with Crippen LogP contribution in [0.2, 0.25) is 0 Å². The van der Waals surface area contributed by atoms with Crippen LogP contribution in [-0.2, 0) is 11.0 Å². The molecule has 1 unspecified atom stereocenters. The summed E-state index contributed by atoms with van der Waals surface area (Å²) in [6, 6.07) is 21.7. The molecule has 4 aromatic rings. The lowest BCUT2D eigenvalue weighted by Crippen LogP contribution is -2.10. The van der Waals surface area contributed by atoms with Gasteiger partial charge in [-0.15, -0.1) is 0 Å². The van der Waals surface area contributed by atoms with Gasteiger partial charge in [-0.3, -0.25) is 4.72 Å². The first-order valence-electron chi connectivity index (χ1n) is 8.67. The molecule has 0 amide bonds. The Morgan fingerprint density at radius 3 is 2.11 bits per heavy atom. The lowest BCUT2D eigenvalue weighted by molar-refractivity contribution is 0.477. The van der Waals surface area contributed by atoms with Crippen LogP contribution in [0.4, 0.5) is 17.3 Å². The number of aryl methyl sites for hydroxylation is 1. The van der Waals surface area contributed by atoms with Gasteiger partial charge in [0.1, 0.15) is 5.75 Å². The van der Waals surface area contributed by atoms with E-state index in [9.17, 15) is 9.32 Å². The molecule has 0 saturated carbocycles. The van der Waals surface area contributed by atoms with Crippen molar-refractivity contribution in [1.82, 2.24) is 9.97 Å². The zero-order valence-electron chi connectivity index (χ0n) is 15.1. The predicted octanol–water partition coefficient (Wildman–Crippen LogP) is 4.52. The highest BCUT2D eigenvalue weighted by atomic mass is 32.2. The van der Waals surface area contributed by atoms with Gasteiger partial charge in [-0.1, -0.05) is 42.0 Å². The fraction of sp³-hybridized carbons (Fsp3) is 0.0476. The van der Waals surface area contributed by atoms with Gasteiger partial charge in [-0.05, 0) is 43.3 Å². The van der Waals surface area contributed by atoms with Crippen molar-refractivity contribution in [3.63, 3.8) is 0 Å². The van der Waals surface area contributed by atoms with Crippen molar-refractivity contribution in [1.29, 1.82) is 0 Å². The van der Waals surface area contributed by atoms with E-state index < -0.39 is 11.0 Å². The molecular formula is C21H18N4O2S. The topological polar surface area (TPSA) is 87.1 Å². The van der Waals surface area contributed by atoms with Gasteiger partial charge < -0.3 is 10.4 Å². The van der Waals surface area contributed by atoms with E-state index in [1.807, 2.05) is 55.5 Å². The Hall–Kier alpha value is -3.45. The van der Waals surface area contributed by atoms with Crippen LogP contribution in [0.5, 0.6) is 5.75 Å². The van der Waals surface area contributed by atoms with Crippen LogP contribution in [0.25, 0.3) is 11.0 Å². The minimum Gasteiger partial charge on any atom is -0.506 e. The van der Waals surface area contributed by atoms with Gasteiger partial charge in [0.2, 0.25) is 0 Å². The standard InChI is InChI=1S/C21H18N4O2S/c1-14-10-12-15(13-11-14)28(27)25-21-20(24-18-8-4-5-9-19(18)26)22-16-6-2-3-7-17(16)23-21/h2-13,26H,1H3,(H,22,24)(H,23,25). The van der Waals surface area contributed by atoms with Crippen molar-refractivity contribution >= 4 is 39.3 Å². The molecule has 0 fully saturated rings. The molecule has 0 spiro atoms. The molecule has 28 heavy (non-hydrogen) atoms. The Morgan fingerprint density at radius 2 is 1.43 bits per heavy atom. The largest absolute Gasteiger partial charge is 0.506 e. The summed E-state index contributed by atoms with van der Waals surface area (Å²) < 4.78 is 15.7. The van der Waals surface area contributed by atoms with Crippen molar-refractivity contribution in [2.75, 3.05) is 10.0 Å². The van der Waals surface area contributed by atoms with Crippen molar-refractivity contribution in [2.45, 2.75) is 11.8 Å². The lowest BCUT2D eigenvalue weighted by atomic mass is 10.2. The number of hydrogen-bond donors (Lipinski definition) is 3. The average molecular weight is 390 g/mol. The van der Waals surface area contributed by atoms with Crippen LogP contribution >= 0.6 is 0 Å². The number of aromatic nitrogens is 2. The van der Waals surface area contributed by atoms with Gasteiger partial charge in [0.05, 0.1) is 21.6 Å². The summed E-state index contributed by atoms with van der Waals surface area (Å²) in [5.74, 6) is 0.796. The van der Waals surface area contributed by atoms with Crippen molar-refractivity contribution in [3.05, 3.63) is 78.4 Å². The monoisotopic (exact) mass is 390 g/mol. The maximum Gasteiger partial charge on any atom is 0.182 e. The first kappa shape index (κ1) is 17.9. The number of phenols is 1. The van der Waals surface area contributed by atoms with Crippen LogP contribution in [0.3, 0.4) is 0 Å². The van der Waals surface area contributed by atoms with E-state index in [1.165, 1.54) is 0 Å². The molecule has 0 aliphatic rings. The minimum absolute atomic E-state index is 0.0862. The third kappa shape index (κ3) is 3.79. The molecule has 3 aromatic carbocycles. The van der Waals surface area contributed by atoms with Gasteiger partial charge in [-0.2, -0.15) is 0 Å². The molecular weight excluding hydrogens is 372 g/mol. The Morgan fingerprint density at radius 1 is 0.821 bits per heavy atom. The summed E-state index contributed by atoms with van der Waals surface area (Å²) in [7, 11) is -1.51. The third-order valence-corrected chi connectivity index (χ3v) is 5.23. The Bertz CT molecular complexity index is 1160. The maximum absolute atomic E-state index is 12.8. The summed E-state index contributed by atoms with van der Waals surface area (Å²) in [6.07, 6.45) is 0. The molecule has 0 bridgehead atoms. The van der Waals surface area contributed by atoms with Gasteiger partial charge in [0.15, 0.2) is 22.6 Å². The zero-order valence-corrected chi connectivity index (χ0v) is 15.9. The van der Waals surface area contributed by atoms with Crippen LogP contribution in [-0.4, -0.2) is 19.3 Å². The number of aromatic hydroxyl groups is 1. The predicted molar refractivity (Wildman–Crippen MR) is 112 cm³/mol. The SMILES string of the molecule is Cc1ccc(S(=O)Nc2nc3ccccc3nc2Nc2ccccc2O)cc1. The molecule has 0 saturated heterocycles. The molecule has 7 heteroatoms. The first-order chi connectivity index (χ1) is 13.6. The van der Waals surface area contributed by atoms with Crippen LogP contribution in [0.1, 0.15) is 5.56 Å². The number of nitrogens with one attached hydrogen (secondary N) is 2. The number of benzene rings is 3. The minimum atomic E-state index is -1.51. The van der Waals surface area contributed by atoms with E-state index in [2.05, 4.69) is 20.0 Å². The van der Waals surface area contributed by atoms with Crippen LogP contribution < -0.4 is 10.0 Å². The molecule has 0 aliphatic carbocycles. The second-order valence-electron chi connectivity index (χ2n) is 6.24. The summed E-state index contributed by atoms with van der Waals surface area (Å²) in [4.78, 5) is 9.80. The zero-order chi connectivity index (χ0) is 19.5. The van der Waals surface area contributed by atoms with Crippen molar-refractivity contribution in [2.24, 2.45) is 0 Å². The quantitative estimate of drug-likeness (QED) is 0.436. The molecule has 1 atom stereocenters. The fourth-order valence-electron chi connectivity index (χ4n) is 2.67. The van der Waals surface area contributed by atoms with Crippen LogP contribution in [0.15, 0.2) is 77.7 Å². The molecule has 6 nitrogen and oxygen atoms in total. The number of para-hydroxylation sites is 4. The Labute approximate surface area is 164 Å². The molecule has 1 aromatic heterocycles. The third-order valence-electron chi connectivity index (χ3n) is 4.15. The number of hydrogen-bond acceptors (Lipinski definition) is 5. The van der Waals surface area contributed by atoms with Crippen LogP contribution in [0, 0.1) is 6.92 Å². The van der Waals surface area contributed by atoms with E-state index in [1.54, 1.807) is 24.3 Å². The Balaban J connectivity index is 1.73. The van der Waals surface area contributed by atoms with E-state index in [0.717, 1.165) is 5.56 Å². The number of fused-ring (bicyclic) bond motifs is 1. The number of phenolic OH excluding ortho intramolecular Hbond substituents is 1. The lowest BCUT2D eigenvalue weighted by Gasteiger charge is -2.14. The second kappa shape index (κ2) is 7.66. The van der Waals surface area contributed by atoms with Gasteiger partial charge >= 0.3 is 0 Å². The smallest absolute Gasteiger partial charge is 0.182 e. The average Bonchev–Trinajstić information content (AvgIpc) is 2.70. The molecule has 140 valence electrons. The number of rotatable bonds is 5. The highest BCUT2D eigenvalue weighted by molar-refractivity contribution is 7.86. The summed E-state index contributed by atoms with van der Waals surface area (Å²) in [5.41, 5.74) is 2.94. The fourth-order valence-corrected chi connectivity index (χ4v) is 3.49. The number of nitrogens with zero attached hydrogens (tertiary/aromatic N) is 2. The normalized spacial score (nSPS) is 11.9. The summed E-state index contributed by atoms with van der Waals surface area (Å²) in [5, 5.41) is 13.1. The van der Waals surface area contributed by atoms with E-state index in [-0.39, 0.29) is 5.75 Å². The van der Waals surface area contributed by atoms with E-state index in [0.29, 0.717) is 33.3 Å². The van der Waals surface area contributed by atoms with Crippen molar-refractivity contribution < 1.29 is 9.32 Å². The maximum atomic E-state index is 12.8. The summed E-state index contributed by atoms with van der Waals surface area (Å²) in [6.45, 7) is 1.98.